The van der Waals surface area contributed by atoms with Crippen molar-refractivity contribution in [1.29, 1.82) is 0 Å². The molecule has 0 bridgehead atoms. The van der Waals surface area contributed by atoms with Crippen LogP contribution in [0, 0.1) is 0 Å². The van der Waals surface area contributed by atoms with E-state index < -0.39 is 0 Å². The number of hydrogen-bond acceptors (Lipinski definition) is 2. The van der Waals surface area contributed by atoms with Crippen molar-refractivity contribution >= 4 is 0 Å². The molecule has 1 rings (SSSR count). The molecule has 1 saturated carbocycles. The minimum atomic E-state index is 0.802. The molecule has 0 aliphatic heterocycles. The molecule has 0 unspecified atom stereocenters. The Morgan fingerprint density at radius 2 is 2.25 bits per heavy atom. The summed E-state index contributed by atoms with van der Waals surface area (Å²) in [5.41, 5.74) is 3.09. The van der Waals surface area contributed by atoms with Crippen molar-refractivity contribution in [3.8, 4) is 0 Å². The highest BCUT2D eigenvalue weighted by molar-refractivity contribution is 5.17. The second-order valence-electron chi connectivity index (χ2n) is 3.21. The molecule has 0 aromatic heterocycles. The van der Waals surface area contributed by atoms with E-state index in [4.69, 9.17) is 4.74 Å². The second kappa shape index (κ2) is 5.20. The maximum absolute atomic E-state index is 4.98. The highest BCUT2D eigenvalue weighted by Gasteiger charge is 2.12. The number of methoxy groups -OCH3 is 1. The Balaban J connectivity index is 2.25. The number of rotatable bonds is 5. The molecule has 2 heteroatoms. The third-order valence-corrected chi connectivity index (χ3v) is 2.38. The molecule has 0 amide bonds. The van der Waals surface area contributed by atoms with E-state index in [9.17, 15) is 0 Å². The standard InChI is InChI=1S/C10H19NO/c1-3-10(9-5-4-6-9)11-7-8-12-2/h11H,3-8H2,1-2H3. The highest BCUT2D eigenvalue weighted by atomic mass is 16.5. The minimum absolute atomic E-state index is 0.802. The monoisotopic (exact) mass is 169 g/mol. The zero-order valence-corrected chi connectivity index (χ0v) is 8.15. The Hall–Kier alpha value is -0.500. The van der Waals surface area contributed by atoms with E-state index in [0.717, 1.165) is 19.6 Å². The van der Waals surface area contributed by atoms with Gasteiger partial charge < -0.3 is 10.1 Å². The molecule has 1 N–H and O–H groups in total. The lowest BCUT2D eigenvalue weighted by atomic mass is 9.90. The van der Waals surface area contributed by atoms with Crippen molar-refractivity contribution in [2.24, 2.45) is 0 Å². The molecule has 2 nitrogen and oxygen atoms in total. The van der Waals surface area contributed by atoms with Crippen LogP contribution in [-0.2, 0) is 4.74 Å². The van der Waals surface area contributed by atoms with Gasteiger partial charge in [-0.05, 0) is 25.7 Å². The van der Waals surface area contributed by atoms with Crippen LogP contribution in [0.2, 0.25) is 0 Å². The SMILES string of the molecule is CCC(NCCOC)=C1CCC1. The van der Waals surface area contributed by atoms with Crippen LogP contribution in [0.15, 0.2) is 11.3 Å². The lowest BCUT2D eigenvalue weighted by Crippen LogP contribution is -2.21. The van der Waals surface area contributed by atoms with E-state index in [1.165, 1.54) is 25.0 Å². The highest BCUT2D eigenvalue weighted by Crippen LogP contribution is 2.28. The first-order chi connectivity index (χ1) is 5.88. The predicted octanol–water partition coefficient (Wildman–Crippen LogP) is 2.07. The molecule has 12 heavy (non-hydrogen) atoms. The lowest BCUT2D eigenvalue weighted by molar-refractivity contribution is 0.201. The fraction of sp³-hybridized carbons (Fsp3) is 0.800. The average Bonchev–Trinajstić information content (AvgIpc) is 1.99. The van der Waals surface area contributed by atoms with E-state index in [0.29, 0.717) is 0 Å². The molecule has 0 aromatic carbocycles. The van der Waals surface area contributed by atoms with E-state index in [2.05, 4.69) is 12.2 Å². The zero-order valence-electron chi connectivity index (χ0n) is 8.15. The van der Waals surface area contributed by atoms with Crippen molar-refractivity contribution in [3.05, 3.63) is 11.3 Å². The fourth-order valence-electron chi connectivity index (χ4n) is 1.46. The van der Waals surface area contributed by atoms with Crippen LogP contribution in [-0.4, -0.2) is 20.3 Å². The van der Waals surface area contributed by atoms with Crippen molar-refractivity contribution in [3.63, 3.8) is 0 Å². The van der Waals surface area contributed by atoms with Gasteiger partial charge in [-0.1, -0.05) is 12.5 Å². The summed E-state index contributed by atoms with van der Waals surface area (Å²) in [6.07, 6.45) is 5.14. The number of allylic oxidation sites excluding steroid dienone is 2. The number of ether oxygens (including phenoxy) is 1. The van der Waals surface area contributed by atoms with Crippen molar-refractivity contribution in [2.75, 3.05) is 20.3 Å². The molecular formula is C10H19NO. The Morgan fingerprint density at radius 1 is 1.50 bits per heavy atom. The summed E-state index contributed by atoms with van der Waals surface area (Å²) in [6, 6.07) is 0. The third-order valence-electron chi connectivity index (χ3n) is 2.38. The first kappa shape index (κ1) is 9.59. The van der Waals surface area contributed by atoms with Crippen LogP contribution >= 0.6 is 0 Å². The van der Waals surface area contributed by atoms with Crippen LogP contribution in [0.4, 0.5) is 0 Å². The second-order valence-corrected chi connectivity index (χ2v) is 3.21. The van der Waals surface area contributed by atoms with Crippen LogP contribution in [0.5, 0.6) is 0 Å². The molecule has 0 saturated heterocycles. The Labute approximate surface area is 75.0 Å². The van der Waals surface area contributed by atoms with E-state index in [-0.39, 0.29) is 0 Å². The molecule has 1 aliphatic rings. The van der Waals surface area contributed by atoms with Gasteiger partial charge in [0, 0.05) is 19.4 Å². The molecule has 1 fully saturated rings. The Kier molecular flexibility index (Phi) is 4.15. The van der Waals surface area contributed by atoms with Gasteiger partial charge in [-0.15, -0.1) is 0 Å². The van der Waals surface area contributed by atoms with E-state index in [1.54, 1.807) is 12.7 Å². The smallest absolute Gasteiger partial charge is 0.0635 e. The topological polar surface area (TPSA) is 21.3 Å². The number of hydrogen-bond donors (Lipinski definition) is 1. The fourth-order valence-corrected chi connectivity index (χ4v) is 1.46. The first-order valence-corrected chi connectivity index (χ1v) is 4.82. The van der Waals surface area contributed by atoms with Gasteiger partial charge in [0.25, 0.3) is 0 Å². The van der Waals surface area contributed by atoms with Crippen LogP contribution < -0.4 is 5.32 Å². The normalized spacial score (nSPS) is 15.7. The summed E-state index contributed by atoms with van der Waals surface area (Å²) in [5.74, 6) is 0. The molecular weight excluding hydrogens is 150 g/mol. The first-order valence-electron chi connectivity index (χ1n) is 4.82. The molecule has 0 radical (unpaired) electrons. The minimum Gasteiger partial charge on any atom is -0.386 e. The predicted molar refractivity (Wildman–Crippen MR) is 51.0 cm³/mol. The molecule has 0 aromatic rings. The largest absolute Gasteiger partial charge is 0.386 e. The molecule has 1 aliphatic carbocycles. The van der Waals surface area contributed by atoms with Crippen molar-refractivity contribution in [2.45, 2.75) is 32.6 Å². The maximum Gasteiger partial charge on any atom is 0.0635 e. The molecule has 0 spiro atoms. The molecule has 70 valence electrons. The van der Waals surface area contributed by atoms with Crippen LogP contribution in [0.1, 0.15) is 32.6 Å². The lowest BCUT2D eigenvalue weighted by Gasteiger charge is -2.22. The quantitative estimate of drug-likeness (QED) is 0.636. The summed E-state index contributed by atoms with van der Waals surface area (Å²) in [4.78, 5) is 0. The van der Waals surface area contributed by atoms with Crippen LogP contribution in [0.3, 0.4) is 0 Å². The third kappa shape index (κ3) is 2.52. The van der Waals surface area contributed by atoms with Gasteiger partial charge in [0.05, 0.1) is 6.61 Å². The molecule has 0 heterocycles. The van der Waals surface area contributed by atoms with Crippen LogP contribution in [0.25, 0.3) is 0 Å². The maximum atomic E-state index is 4.98. The zero-order chi connectivity index (χ0) is 8.81. The Morgan fingerprint density at radius 3 is 2.67 bits per heavy atom. The Bertz CT molecular complexity index is 157. The van der Waals surface area contributed by atoms with E-state index in [1.807, 2.05) is 0 Å². The number of nitrogens with one attached hydrogen (secondary N) is 1. The van der Waals surface area contributed by atoms with Gasteiger partial charge in [0.15, 0.2) is 0 Å². The van der Waals surface area contributed by atoms with Gasteiger partial charge in [0.2, 0.25) is 0 Å². The van der Waals surface area contributed by atoms with Gasteiger partial charge in [-0.2, -0.15) is 0 Å². The summed E-state index contributed by atoms with van der Waals surface area (Å²) >= 11 is 0. The molecule has 0 atom stereocenters. The average molecular weight is 169 g/mol. The van der Waals surface area contributed by atoms with E-state index >= 15 is 0 Å². The summed E-state index contributed by atoms with van der Waals surface area (Å²) < 4.78 is 4.98. The van der Waals surface area contributed by atoms with Gasteiger partial charge >= 0.3 is 0 Å². The van der Waals surface area contributed by atoms with Crippen molar-refractivity contribution in [1.82, 2.24) is 5.32 Å². The van der Waals surface area contributed by atoms with Crippen molar-refractivity contribution < 1.29 is 4.74 Å². The summed E-state index contributed by atoms with van der Waals surface area (Å²) in [7, 11) is 1.74. The summed E-state index contributed by atoms with van der Waals surface area (Å²) in [6.45, 7) is 3.96. The van der Waals surface area contributed by atoms with Gasteiger partial charge in [0.1, 0.15) is 0 Å². The van der Waals surface area contributed by atoms with Gasteiger partial charge in [-0.25, -0.2) is 0 Å². The van der Waals surface area contributed by atoms with Gasteiger partial charge in [-0.3, -0.25) is 0 Å². The summed E-state index contributed by atoms with van der Waals surface area (Å²) in [5, 5.41) is 3.43.